The molecule has 0 radical (unpaired) electrons. The predicted molar refractivity (Wildman–Crippen MR) is 126 cm³/mol. The number of amides is 2. The van der Waals surface area contributed by atoms with Gasteiger partial charge in [0.1, 0.15) is 11.4 Å². The van der Waals surface area contributed by atoms with Crippen LogP contribution in [-0.4, -0.2) is 49.9 Å². The number of nitrogens with zero attached hydrogens (tertiary/aromatic N) is 4. The van der Waals surface area contributed by atoms with Crippen LogP contribution in [-0.2, 0) is 6.54 Å². The molecule has 0 spiro atoms. The Morgan fingerprint density at radius 3 is 2.09 bits per heavy atom. The van der Waals surface area contributed by atoms with Gasteiger partial charge in [0.15, 0.2) is 0 Å². The minimum atomic E-state index is 0.00791. The third-order valence-corrected chi connectivity index (χ3v) is 7.22. The number of carbonyl (C=O) groups is 2. The van der Waals surface area contributed by atoms with Gasteiger partial charge in [0.25, 0.3) is 11.8 Å². The van der Waals surface area contributed by atoms with Crippen molar-refractivity contribution in [3.8, 4) is 0 Å². The minimum absolute atomic E-state index is 0.00791. The van der Waals surface area contributed by atoms with E-state index in [0.717, 1.165) is 49.1 Å². The molecule has 2 saturated carbocycles. The van der Waals surface area contributed by atoms with Gasteiger partial charge < -0.3 is 18.9 Å². The largest absolute Gasteiger partial charge is 0.340 e. The molecule has 6 rings (SSSR count). The van der Waals surface area contributed by atoms with Crippen molar-refractivity contribution < 1.29 is 9.59 Å². The maximum Gasteiger partial charge on any atom is 0.271 e. The Bertz CT molecular complexity index is 1160. The lowest BCUT2D eigenvalue weighted by molar-refractivity contribution is 0.0630. The number of hydrogen-bond acceptors (Lipinski definition) is 2. The first-order valence-corrected chi connectivity index (χ1v) is 12.2. The Hall–Kier alpha value is -3.28. The van der Waals surface area contributed by atoms with Crippen LogP contribution in [0.25, 0.3) is 0 Å². The molecule has 3 fully saturated rings. The molecule has 33 heavy (non-hydrogen) atoms. The molecular formula is C27H30N4O2. The van der Waals surface area contributed by atoms with Crippen LogP contribution in [0.1, 0.15) is 70.7 Å². The predicted octanol–water partition coefficient (Wildman–Crippen LogP) is 4.52. The Balaban J connectivity index is 1.24. The smallest absolute Gasteiger partial charge is 0.271 e. The number of likely N-dealkylation sites (tertiary alicyclic amines) is 1. The van der Waals surface area contributed by atoms with E-state index in [-0.39, 0.29) is 17.9 Å². The SMILES string of the molecule is O=C(c1cccn1C1CC1)N1CC[C@@H](N(Cc2ccccc2)C(=O)c2cccn2C2CC2)C1. The molecule has 1 saturated heterocycles. The summed E-state index contributed by atoms with van der Waals surface area (Å²) < 4.78 is 4.27. The molecule has 170 valence electrons. The standard InChI is InChI=1S/C27H30N4O2/c32-26(24-8-4-15-29(24)21-10-11-21)28-17-14-23(19-28)31(18-20-6-2-1-3-7-20)27(33)25-9-5-16-30(25)22-12-13-22/h1-9,15-16,21-23H,10-14,17-19H2/t23-/m1/s1. The van der Waals surface area contributed by atoms with E-state index >= 15 is 0 Å². The number of rotatable bonds is 7. The van der Waals surface area contributed by atoms with Crippen molar-refractivity contribution >= 4 is 11.8 Å². The highest BCUT2D eigenvalue weighted by Crippen LogP contribution is 2.37. The molecule has 0 N–H and O–H groups in total. The molecule has 1 atom stereocenters. The lowest BCUT2D eigenvalue weighted by atomic mass is 10.1. The van der Waals surface area contributed by atoms with Crippen LogP contribution in [0.5, 0.6) is 0 Å². The molecule has 3 heterocycles. The summed E-state index contributed by atoms with van der Waals surface area (Å²) in [4.78, 5) is 31.1. The highest BCUT2D eigenvalue weighted by atomic mass is 16.2. The maximum absolute atomic E-state index is 13.8. The van der Waals surface area contributed by atoms with Gasteiger partial charge in [-0.2, -0.15) is 0 Å². The van der Waals surface area contributed by atoms with Gasteiger partial charge in [-0.1, -0.05) is 30.3 Å². The average molecular weight is 443 g/mol. The van der Waals surface area contributed by atoms with Crippen LogP contribution >= 0.6 is 0 Å². The molecule has 6 nitrogen and oxygen atoms in total. The van der Waals surface area contributed by atoms with E-state index in [9.17, 15) is 9.59 Å². The van der Waals surface area contributed by atoms with Crippen LogP contribution in [0.4, 0.5) is 0 Å². The van der Waals surface area contributed by atoms with Gasteiger partial charge >= 0.3 is 0 Å². The molecule has 0 bridgehead atoms. The summed E-state index contributed by atoms with van der Waals surface area (Å²) in [5.41, 5.74) is 2.66. The minimum Gasteiger partial charge on any atom is -0.340 e. The van der Waals surface area contributed by atoms with Crippen LogP contribution in [0, 0.1) is 0 Å². The lowest BCUT2D eigenvalue weighted by Crippen LogP contribution is -2.43. The van der Waals surface area contributed by atoms with Crippen LogP contribution < -0.4 is 0 Å². The summed E-state index contributed by atoms with van der Waals surface area (Å²) >= 11 is 0. The summed E-state index contributed by atoms with van der Waals surface area (Å²) in [6.07, 6.45) is 9.44. The third kappa shape index (κ3) is 3.99. The Morgan fingerprint density at radius 2 is 1.42 bits per heavy atom. The van der Waals surface area contributed by atoms with Gasteiger partial charge in [-0.25, -0.2) is 0 Å². The van der Waals surface area contributed by atoms with Crippen LogP contribution in [0.2, 0.25) is 0 Å². The van der Waals surface area contributed by atoms with Gasteiger partial charge in [-0.05, 0) is 61.9 Å². The fourth-order valence-corrected chi connectivity index (χ4v) is 5.13. The van der Waals surface area contributed by atoms with E-state index < -0.39 is 0 Å². The van der Waals surface area contributed by atoms with E-state index in [1.807, 2.05) is 64.7 Å². The van der Waals surface area contributed by atoms with Crippen molar-refractivity contribution in [3.05, 3.63) is 83.9 Å². The third-order valence-electron chi connectivity index (χ3n) is 7.22. The monoisotopic (exact) mass is 442 g/mol. The average Bonchev–Trinajstić information content (AvgIpc) is 3.71. The normalized spacial score (nSPS) is 20.2. The Morgan fingerprint density at radius 1 is 0.788 bits per heavy atom. The molecule has 6 heteroatoms. The molecule has 3 aliphatic rings. The second-order valence-electron chi connectivity index (χ2n) is 9.68. The number of carbonyl (C=O) groups excluding carboxylic acids is 2. The first-order chi connectivity index (χ1) is 16.2. The molecule has 1 aliphatic heterocycles. The summed E-state index contributed by atoms with van der Waals surface area (Å²) in [5.74, 6) is 0.152. The molecule has 3 aromatic rings. The second-order valence-corrected chi connectivity index (χ2v) is 9.68. The molecule has 0 unspecified atom stereocenters. The van der Waals surface area contributed by atoms with E-state index in [4.69, 9.17) is 0 Å². The maximum atomic E-state index is 13.8. The van der Waals surface area contributed by atoms with Crippen molar-refractivity contribution in [3.63, 3.8) is 0 Å². The van der Waals surface area contributed by atoms with E-state index in [1.54, 1.807) is 0 Å². The Labute approximate surface area is 194 Å². The van der Waals surface area contributed by atoms with Crippen LogP contribution in [0.15, 0.2) is 67.0 Å². The fraction of sp³-hybridized carbons (Fsp3) is 0.407. The first-order valence-electron chi connectivity index (χ1n) is 12.2. The zero-order valence-electron chi connectivity index (χ0n) is 18.8. The summed E-state index contributed by atoms with van der Waals surface area (Å²) in [7, 11) is 0. The number of hydrogen-bond donors (Lipinski definition) is 0. The Kier molecular flexibility index (Phi) is 5.08. The molecule has 2 aliphatic carbocycles. The van der Waals surface area contributed by atoms with E-state index in [2.05, 4.69) is 21.3 Å². The topological polar surface area (TPSA) is 50.5 Å². The zero-order chi connectivity index (χ0) is 22.4. The van der Waals surface area contributed by atoms with Crippen molar-refractivity contribution in [2.24, 2.45) is 0 Å². The first kappa shape index (κ1) is 20.3. The molecule has 2 aromatic heterocycles. The van der Waals surface area contributed by atoms with Crippen molar-refractivity contribution in [1.29, 1.82) is 0 Å². The van der Waals surface area contributed by atoms with Crippen molar-refractivity contribution in [1.82, 2.24) is 18.9 Å². The summed E-state index contributed by atoms with van der Waals surface area (Å²) in [5, 5.41) is 0. The number of aromatic nitrogens is 2. The zero-order valence-corrected chi connectivity index (χ0v) is 18.8. The van der Waals surface area contributed by atoms with Gasteiger partial charge in [0, 0.05) is 44.1 Å². The van der Waals surface area contributed by atoms with Gasteiger partial charge in [-0.3, -0.25) is 9.59 Å². The van der Waals surface area contributed by atoms with E-state index in [0.29, 0.717) is 31.7 Å². The van der Waals surface area contributed by atoms with Crippen molar-refractivity contribution in [2.75, 3.05) is 13.1 Å². The lowest BCUT2D eigenvalue weighted by Gasteiger charge is -2.30. The molecular weight excluding hydrogens is 412 g/mol. The highest BCUT2D eigenvalue weighted by molar-refractivity contribution is 5.94. The van der Waals surface area contributed by atoms with Crippen molar-refractivity contribution in [2.45, 2.75) is 56.8 Å². The fourth-order valence-electron chi connectivity index (χ4n) is 5.13. The van der Waals surface area contributed by atoms with E-state index in [1.165, 1.54) is 0 Å². The summed E-state index contributed by atoms with van der Waals surface area (Å²) in [6, 6.07) is 18.9. The summed E-state index contributed by atoms with van der Waals surface area (Å²) in [6.45, 7) is 1.82. The van der Waals surface area contributed by atoms with Crippen LogP contribution in [0.3, 0.4) is 0 Å². The number of benzene rings is 1. The quantitative estimate of drug-likeness (QED) is 0.540. The van der Waals surface area contributed by atoms with Gasteiger partial charge in [-0.15, -0.1) is 0 Å². The molecule has 2 amide bonds. The second kappa shape index (κ2) is 8.25. The molecule has 1 aromatic carbocycles. The van der Waals surface area contributed by atoms with Gasteiger partial charge in [0.05, 0.1) is 6.04 Å². The highest BCUT2D eigenvalue weighted by Gasteiger charge is 2.37. The van der Waals surface area contributed by atoms with Gasteiger partial charge in [0.2, 0.25) is 0 Å².